The second-order valence-electron chi connectivity index (χ2n) is 6.75. The Labute approximate surface area is 164 Å². The SMILES string of the molecule is Cc1ccc(CNC(=O)c2ccccc2NC(=O)c2ccc(C)nc2C)cc1. The minimum absolute atomic E-state index is 0.241. The first kappa shape index (κ1) is 19.3. The Morgan fingerprint density at radius 3 is 2.25 bits per heavy atom. The van der Waals surface area contributed by atoms with Crippen molar-refractivity contribution in [2.24, 2.45) is 0 Å². The van der Waals surface area contributed by atoms with Gasteiger partial charge >= 0.3 is 0 Å². The number of nitrogens with one attached hydrogen (secondary N) is 2. The Hall–Kier alpha value is -3.47. The highest BCUT2D eigenvalue weighted by Gasteiger charge is 2.15. The van der Waals surface area contributed by atoms with Gasteiger partial charge in [0.2, 0.25) is 0 Å². The summed E-state index contributed by atoms with van der Waals surface area (Å²) in [6.07, 6.45) is 0. The highest BCUT2D eigenvalue weighted by Crippen LogP contribution is 2.17. The normalized spacial score (nSPS) is 10.4. The summed E-state index contributed by atoms with van der Waals surface area (Å²) in [7, 11) is 0. The Morgan fingerprint density at radius 2 is 1.54 bits per heavy atom. The van der Waals surface area contributed by atoms with Gasteiger partial charge in [-0.15, -0.1) is 0 Å². The number of nitrogens with zero attached hydrogens (tertiary/aromatic N) is 1. The fourth-order valence-corrected chi connectivity index (χ4v) is 2.89. The molecule has 0 fully saturated rings. The van der Waals surface area contributed by atoms with Crippen molar-refractivity contribution in [3.8, 4) is 0 Å². The second kappa shape index (κ2) is 8.48. The fourth-order valence-electron chi connectivity index (χ4n) is 2.89. The average molecular weight is 373 g/mol. The zero-order valence-electron chi connectivity index (χ0n) is 16.2. The van der Waals surface area contributed by atoms with Gasteiger partial charge in [-0.1, -0.05) is 42.0 Å². The van der Waals surface area contributed by atoms with E-state index in [-0.39, 0.29) is 11.8 Å². The zero-order chi connectivity index (χ0) is 20.1. The van der Waals surface area contributed by atoms with Crippen LogP contribution in [0.2, 0.25) is 0 Å². The molecule has 28 heavy (non-hydrogen) atoms. The lowest BCUT2D eigenvalue weighted by Crippen LogP contribution is -2.25. The maximum atomic E-state index is 12.7. The van der Waals surface area contributed by atoms with Crippen LogP contribution in [0.1, 0.15) is 43.2 Å². The molecule has 3 aromatic rings. The van der Waals surface area contributed by atoms with E-state index in [2.05, 4.69) is 15.6 Å². The monoisotopic (exact) mass is 373 g/mol. The Balaban J connectivity index is 1.74. The summed E-state index contributed by atoms with van der Waals surface area (Å²) < 4.78 is 0. The molecule has 0 aliphatic rings. The van der Waals surface area contributed by atoms with Crippen LogP contribution in [-0.2, 0) is 6.54 Å². The molecule has 2 N–H and O–H groups in total. The molecule has 0 radical (unpaired) electrons. The summed E-state index contributed by atoms with van der Waals surface area (Å²) in [5, 5.41) is 5.74. The van der Waals surface area contributed by atoms with E-state index in [9.17, 15) is 9.59 Å². The molecule has 3 rings (SSSR count). The number of hydrogen-bond donors (Lipinski definition) is 2. The zero-order valence-corrected chi connectivity index (χ0v) is 16.2. The predicted octanol–water partition coefficient (Wildman–Crippen LogP) is 4.19. The lowest BCUT2D eigenvalue weighted by molar-refractivity contribution is 0.0952. The summed E-state index contributed by atoms with van der Waals surface area (Å²) in [5.41, 5.74) is 5.06. The van der Waals surface area contributed by atoms with Gasteiger partial charge in [0.15, 0.2) is 0 Å². The van der Waals surface area contributed by atoms with E-state index in [1.54, 1.807) is 43.3 Å². The topological polar surface area (TPSA) is 71.1 Å². The van der Waals surface area contributed by atoms with Crippen molar-refractivity contribution in [2.45, 2.75) is 27.3 Å². The van der Waals surface area contributed by atoms with Crippen molar-refractivity contribution in [1.29, 1.82) is 0 Å². The summed E-state index contributed by atoms with van der Waals surface area (Å²) in [4.78, 5) is 29.6. The molecular formula is C23H23N3O2. The maximum absolute atomic E-state index is 12.7. The third kappa shape index (κ3) is 4.62. The van der Waals surface area contributed by atoms with Crippen LogP contribution in [0.4, 0.5) is 5.69 Å². The van der Waals surface area contributed by atoms with Crippen LogP contribution in [0.3, 0.4) is 0 Å². The molecule has 1 aromatic heterocycles. The number of rotatable bonds is 5. The molecule has 0 bridgehead atoms. The molecule has 0 unspecified atom stereocenters. The van der Waals surface area contributed by atoms with Crippen LogP contribution in [0, 0.1) is 20.8 Å². The van der Waals surface area contributed by atoms with Gasteiger partial charge in [-0.3, -0.25) is 14.6 Å². The van der Waals surface area contributed by atoms with Crippen LogP contribution in [0.15, 0.2) is 60.7 Å². The second-order valence-corrected chi connectivity index (χ2v) is 6.75. The lowest BCUT2D eigenvalue weighted by atomic mass is 10.1. The number of carbonyl (C=O) groups excluding carboxylic acids is 2. The predicted molar refractivity (Wildman–Crippen MR) is 110 cm³/mol. The van der Waals surface area contributed by atoms with Gasteiger partial charge in [0, 0.05) is 12.2 Å². The van der Waals surface area contributed by atoms with E-state index < -0.39 is 0 Å². The number of aryl methyl sites for hydroxylation is 3. The van der Waals surface area contributed by atoms with E-state index in [1.165, 1.54) is 5.56 Å². The van der Waals surface area contributed by atoms with Gasteiger partial charge in [-0.05, 0) is 50.6 Å². The molecule has 0 spiro atoms. The summed E-state index contributed by atoms with van der Waals surface area (Å²) >= 11 is 0. The third-order valence-electron chi connectivity index (χ3n) is 4.46. The number of benzene rings is 2. The van der Waals surface area contributed by atoms with Crippen LogP contribution in [-0.4, -0.2) is 16.8 Å². The Kier molecular flexibility index (Phi) is 5.84. The van der Waals surface area contributed by atoms with E-state index in [0.29, 0.717) is 29.1 Å². The lowest BCUT2D eigenvalue weighted by Gasteiger charge is -2.12. The smallest absolute Gasteiger partial charge is 0.257 e. The van der Waals surface area contributed by atoms with Gasteiger partial charge in [-0.2, -0.15) is 0 Å². The molecule has 0 saturated carbocycles. The summed E-state index contributed by atoms with van der Waals surface area (Å²) in [6, 6.07) is 18.5. The Bertz CT molecular complexity index is 1010. The first-order valence-electron chi connectivity index (χ1n) is 9.12. The molecule has 5 nitrogen and oxygen atoms in total. The van der Waals surface area contributed by atoms with Gasteiger partial charge in [0.05, 0.1) is 22.5 Å². The van der Waals surface area contributed by atoms with E-state index >= 15 is 0 Å². The Morgan fingerprint density at radius 1 is 0.821 bits per heavy atom. The molecule has 0 aliphatic heterocycles. The van der Waals surface area contributed by atoms with Crippen molar-refractivity contribution in [3.05, 3.63) is 94.3 Å². The van der Waals surface area contributed by atoms with Gasteiger partial charge in [0.25, 0.3) is 11.8 Å². The number of pyridine rings is 1. The minimum atomic E-state index is -0.288. The molecule has 0 saturated heterocycles. The molecule has 0 aliphatic carbocycles. The molecule has 5 heteroatoms. The largest absolute Gasteiger partial charge is 0.348 e. The number of hydrogen-bond acceptors (Lipinski definition) is 3. The fraction of sp³-hybridized carbons (Fsp3) is 0.174. The number of aromatic nitrogens is 1. The molecule has 1 heterocycles. The maximum Gasteiger partial charge on any atom is 0.257 e. The van der Waals surface area contributed by atoms with Gasteiger partial charge < -0.3 is 10.6 Å². The molecule has 0 atom stereocenters. The van der Waals surface area contributed by atoms with E-state index in [0.717, 1.165) is 11.3 Å². The summed E-state index contributed by atoms with van der Waals surface area (Å²) in [6.45, 7) is 6.11. The van der Waals surface area contributed by atoms with Crippen LogP contribution >= 0.6 is 0 Å². The van der Waals surface area contributed by atoms with Gasteiger partial charge in [-0.25, -0.2) is 0 Å². The van der Waals surface area contributed by atoms with Gasteiger partial charge in [0.1, 0.15) is 0 Å². The third-order valence-corrected chi connectivity index (χ3v) is 4.46. The minimum Gasteiger partial charge on any atom is -0.348 e. The number of carbonyl (C=O) groups is 2. The standard InChI is InChI=1S/C23H23N3O2/c1-15-8-11-18(12-9-15)14-24-22(27)20-6-4-5-7-21(20)26-23(28)19-13-10-16(2)25-17(19)3/h4-13H,14H2,1-3H3,(H,24,27)(H,26,28). The van der Waals surface area contributed by atoms with Crippen LogP contribution in [0.5, 0.6) is 0 Å². The molecule has 2 aromatic carbocycles. The van der Waals surface area contributed by atoms with Crippen molar-refractivity contribution in [3.63, 3.8) is 0 Å². The summed E-state index contributed by atoms with van der Waals surface area (Å²) in [5.74, 6) is -0.529. The van der Waals surface area contributed by atoms with Crippen molar-refractivity contribution >= 4 is 17.5 Å². The quantitative estimate of drug-likeness (QED) is 0.704. The van der Waals surface area contributed by atoms with Crippen molar-refractivity contribution in [1.82, 2.24) is 10.3 Å². The van der Waals surface area contributed by atoms with E-state index in [1.807, 2.05) is 38.1 Å². The number of amides is 2. The van der Waals surface area contributed by atoms with Crippen molar-refractivity contribution in [2.75, 3.05) is 5.32 Å². The molecule has 142 valence electrons. The average Bonchev–Trinajstić information content (AvgIpc) is 2.67. The van der Waals surface area contributed by atoms with Crippen LogP contribution < -0.4 is 10.6 Å². The van der Waals surface area contributed by atoms with E-state index in [4.69, 9.17) is 0 Å². The first-order valence-corrected chi connectivity index (χ1v) is 9.12. The number of anilines is 1. The van der Waals surface area contributed by atoms with Crippen LogP contribution in [0.25, 0.3) is 0 Å². The molecular weight excluding hydrogens is 350 g/mol. The first-order chi connectivity index (χ1) is 13.4. The highest BCUT2D eigenvalue weighted by molar-refractivity contribution is 6.09. The number of para-hydroxylation sites is 1. The molecule has 2 amide bonds. The van der Waals surface area contributed by atoms with Crippen molar-refractivity contribution < 1.29 is 9.59 Å². The highest BCUT2D eigenvalue weighted by atomic mass is 16.2.